The van der Waals surface area contributed by atoms with Crippen LogP contribution in [0.5, 0.6) is 5.75 Å². The van der Waals surface area contributed by atoms with E-state index in [0.29, 0.717) is 11.4 Å². The summed E-state index contributed by atoms with van der Waals surface area (Å²) in [6, 6.07) is 11.0. The highest BCUT2D eigenvalue weighted by Crippen LogP contribution is 2.31. The van der Waals surface area contributed by atoms with Crippen molar-refractivity contribution in [3.8, 4) is 5.75 Å². The largest absolute Gasteiger partial charge is 0.495 e. The number of hydrogen-bond donors (Lipinski definition) is 1. The van der Waals surface area contributed by atoms with E-state index in [1.165, 1.54) is 20.1 Å². The highest BCUT2D eigenvalue weighted by Gasteiger charge is 2.30. The van der Waals surface area contributed by atoms with Crippen LogP contribution < -0.4 is 14.4 Å². The average molecular weight is 411 g/mol. The van der Waals surface area contributed by atoms with Crippen LogP contribution in [0.15, 0.2) is 42.5 Å². The van der Waals surface area contributed by atoms with E-state index in [1.54, 1.807) is 18.2 Å². The number of nitrogens with one attached hydrogen (secondary N) is 1. The van der Waals surface area contributed by atoms with Crippen LogP contribution in [0.4, 0.5) is 11.4 Å². The summed E-state index contributed by atoms with van der Waals surface area (Å²) in [5.74, 6) is -0.0175. The monoisotopic (exact) mass is 410 g/mol. The molecule has 0 unspecified atom stereocenters. The summed E-state index contributed by atoms with van der Waals surface area (Å²) in [4.78, 5) is 12.8. The fourth-order valence-corrected chi connectivity index (χ4v) is 4.21. The van der Waals surface area contributed by atoms with Gasteiger partial charge in [-0.2, -0.15) is 0 Å². The number of amides is 1. The summed E-state index contributed by atoms with van der Waals surface area (Å²) < 4.78 is 30.9. The molecule has 0 spiro atoms. The highest BCUT2D eigenvalue weighted by molar-refractivity contribution is 7.92. The zero-order chi connectivity index (χ0) is 20.2. The molecule has 0 radical (unpaired) electrons. The predicted octanol–water partition coefficient (Wildman–Crippen LogP) is 3.70. The van der Waals surface area contributed by atoms with E-state index < -0.39 is 22.0 Å². The van der Waals surface area contributed by atoms with Crippen molar-refractivity contribution in [2.75, 3.05) is 23.0 Å². The zero-order valence-corrected chi connectivity index (χ0v) is 17.3. The molecule has 0 saturated heterocycles. The smallest absolute Gasteiger partial charge is 0.248 e. The fraction of sp³-hybridized carbons (Fsp3) is 0.316. The lowest BCUT2D eigenvalue weighted by molar-refractivity contribution is -0.116. The molecule has 0 fully saturated rings. The van der Waals surface area contributed by atoms with Crippen LogP contribution in [-0.4, -0.2) is 33.7 Å². The van der Waals surface area contributed by atoms with Crippen LogP contribution in [-0.2, 0) is 21.2 Å². The standard InChI is InChI=1S/C19H23ClN2O4S/c1-5-14-8-6-7-9-17(14)21-19(23)13(2)22(27(4,24)25)15-10-11-18(26-3)16(20)12-15/h6-13H,5H2,1-4H3,(H,21,23)/t13-/m0/s1. The van der Waals surface area contributed by atoms with Crippen LogP contribution in [0.25, 0.3) is 0 Å². The van der Waals surface area contributed by atoms with Gasteiger partial charge in [-0.15, -0.1) is 0 Å². The third-order valence-electron chi connectivity index (χ3n) is 4.13. The molecule has 1 amide bonds. The zero-order valence-electron chi connectivity index (χ0n) is 15.7. The fourth-order valence-electron chi connectivity index (χ4n) is 2.79. The molecule has 0 aliphatic heterocycles. The number of carbonyl (C=O) groups is 1. The van der Waals surface area contributed by atoms with Gasteiger partial charge in [0.15, 0.2) is 0 Å². The Balaban J connectivity index is 2.36. The maximum atomic E-state index is 12.8. The molecule has 2 aromatic rings. The summed E-state index contributed by atoms with van der Waals surface area (Å²) in [5, 5.41) is 3.08. The Labute approximate surface area is 165 Å². The van der Waals surface area contributed by atoms with Crippen molar-refractivity contribution in [3.63, 3.8) is 0 Å². The first-order valence-electron chi connectivity index (χ1n) is 8.40. The van der Waals surface area contributed by atoms with Crippen LogP contribution >= 0.6 is 11.6 Å². The van der Waals surface area contributed by atoms with Gasteiger partial charge in [-0.05, 0) is 43.2 Å². The molecule has 1 N–H and O–H groups in total. The molecule has 2 aromatic carbocycles. The van der Waals surface area contributed by atoms with Crippen molar-refractivity contribution in [3.05, 3.63) is 53.1 Å². The van der Waals surface area contributed by atoms with Crippen LogP contribution in [0.2, 0.25) is 5.02 Å². The molecule has 0 heterocycles. The number of anilines is 2. The molecule has 146 valence electrons. The Kier molecular flexibility index (Phi) is 6.73. The first-order valence-corrected chi connectivity index (χ1v) is 10.6. The van der Waals surface area contributed by atoms with Crippen molar-refractivity contribution in [1.29, 1.82) is 0 Å². The Morgan fingerprint density at radius 1 is 1.26 bits per heavy atom. The van der Waals surface area contributed by atoms with Gasteiger partial charge in [0, 0.05) is 5.69 Å². The van der Waals surface area contributed by atoms with Crippen LogP contribution in [0.3, 0.4) is 0 Å². The van der Waals surface area contributed by atoms with E-state index in [4.69, 9.17) is 16.3 Å². The van der Waals surface area contributed by atoms with Crippen molar-refractivity contribution < 1.29 is 17.9 Å². The molecule has 1 atom stereocenters. The van der Waals surface area contributed by atoms with E-state index >= 15 is 0 Å². The van der Waals surface area contributed by atoms with Gasteiger partial charge in [0.1, 0.15) is 11.8 Å². The van der Waals surface area contributed by atoms with Gasteiger partial charge in [0.05, 0.1) is 24.1 Å². The van der Waals surface area contributed by atoms with Gasteiger partial charge in [-0.1, -0.05) is 36.7 Å². The number of para-hydroxylation sites is 1. The summed E-state index contributed by atoms with van der Waals surface area (Å²) in [7, 11) is -2.26. The molecule has 2 rings (SSSR count). The molecule has 0 aromatic heterocycles. The van der Waals surface area contributed by atoms with E-state index in [-0.39, 0.29) is 10.7 Å². The van der Waals surface area contributed by atoms with E-state index in [1.807, 2.05) is 25.1 Å². The van der Waals surface area contributed by atoms with Gasteiger partial charge in [-0.3, -0.25) is 9.10 Å². The maximum Gasteiger partial charge on any atom is 0.248 e. The number of methoxy groups -OCH3 is 1. The summed E-state index contributed by atoms with van der Waals surface area (Å²) >= 11 is 6.13. The minimum atomic E-state index is -3.73. The number of hydrogen-bond acceptors (Lipinski definition) is 4. The number of nitrogens with zero attached hydrogens (tertiary/aromatic N) is 1. The molecule has 6 nitrogen and oxygen atoms in total. The van der Waals surface area contributed by atoms with Gasteiger partial charge < -0.3 is 10.1 Å². The lowest BCUT2D eigenvalue weighted by Crippen LogP contribution is -2.45. The number of aryl methyl sites for hydroxylation is 1. The molecular weight excluding hydrogens is 388 g/mol. The van der Waals surface area contributed by atoms with Gasteiger partial charge >= 0.3 is 0 Å². The molecule has 0 bridgehead atoms. The van der Waals surface area contributed by atoms with Crippen molar-refractivity contribution >= 4 is 38.9 Å². The SMILES string of the molecule is CCc1ccccc1NC(=O)[C@H](C)N(c1ccc(OC)c(Cl)c1)S(C)(=O)=O. The Hall–Kier alpha value is -2.25. The number of halogens is 1. The Morgan fingerprint density at radius 2 is 1.93 bits per heavy atom. The first kappa shape index (κ1) is 21.1. The minimum absolute atomic E-state index is 0.257. The van der Waals surface area contributed by atoms with E-state index in [2.05, 4.69) is 5.32 Å². The molecule has 27 heavy (non-hydrogen) atoms. The summed E-state index contributed by atoms with van der Waals surface area (Å²) in [6.07, 6.45) is 1.80. The number of benzene rings is 2. The second-order valence-electron chi connectivity index (χ2n) is 6.05. The lowest BCUT2D eigenvalue weighted by atomic mass is 10.1. The highest BCUT2D eigenvalue weighted by atomic mass is 35.5. The second kappa shape index (κ2) is 8.63. The van der Waals surface area contributed by atoms with Gasteiger partial charge in [0.2, 0.25) is 15.9 Å². The Morgan fingerprint density at radius 3 is 2.48 bits per heavy atom. The number of sulfonamides is 1. The maximum absolute atomic E-state index is 12.8. The third kappa shape index (κ3) is 4.93. The molecular formula is C19H23ClN2O4S. The number of ether oxygens (including phenoxy) is 1. The van der Waals surface area contributed by atoms with Gasteiger partial charge in [-0.25, -0.2) is 8.42 Å². The summed E-state index contributed by atoms with van der Waals surface area (Å²) in [5.41, 5.74) is 1.92. The predicted molar refractivity (Wildman–Crippen MR) is 109 cm³/mol. The van der Waals surface area contributed by atoms with Gasteiger partial charge in [0.25, 0.3) is 0 Å². The number of rotatable bonds is 7. The van der Waals surface area contributed by atoms with Crippen molar-refractivity contribution in [2.45, 2.75) is 26.3 Å². The third-order valence-corrected chi connectivity index (χ3v) is 5.67. The van der Waals surface area contributed by atoms with Crippen LogP contribution in [0, 0.1) is 0 Å². The Bertz CT molecular complexity index is 931. The lowest BCUT2D eigenvalue weighted by Gasteiger charge is -2.28. The molecule has 0 aliphatic rings. The minimum Gasteiger partial charge on any atom is -0.495 e. The summed E-state index contributed by atoms with van der Waals surface area (Å²) in [6.45, 7) is 3.51. The van der Waals surface area contributed by atoms with Crippen molar-refractivity contribution in [1.82, 2.24) is 0 Å². The topological polar surface area (TPSA) is 75.7 Å². The normalized spacial score (nSPS) is 12.3. The van der Waals surface area contributed by atoms with Crippen LogP contribution in [0.1, 0.15) is 19.4 Å². The van der Waals surface area contributed by atoms with Crippen molar-refractivity contribution in [2.24, 2.45) is 0 Å². The van der Waals surface area contributed by atoms with E-state index in [9.17, 15) is 13.2 Å². The quantitative estimate of drug-likeness (QED) is 0.755. The molecule has 0 aliphatic carbocycles. The molecule has 8 heteroatoms. The van der Waals surface area contributed by atoms with E-state index in [0.717, 1.165) is 22.5 Å². The second-order valence-corrected chi connectivity index (χ2v) is 8.32. The first-order chi connectivity index (χ1) is 12.7. The average Bonchev–Trinajstić information content (AvgIpc) is 2.61. The number of carbonyl (C=O) groups excluding carboxylic acids is 1. The molecule has 0 saturated carbocycles.